The highest BCUT2D eigenvalue weighted by molar-refractivity contribution is 6.30. The number of phenols is 1. The number of nitro groups is 1. The number of anilines is 2. The number of aromatic hydroxyl groups is 1. The number of nitrogens with one attached hydrogen (secondary N) is 2. The van der Waals surface area contributed by atoms with Crippen molar-refractivity contribution in [2.75, 3.05) is 10.7 Å². The molecule has 9 nitrogen and oxygen atoms in total. The number of nitro benzene ring substituents is 1. The number of amides is 1. The van der Waals surface area contributed by atoms with Crippen LogP contribution in [0.2, 0.25) is 5.02 Å². The third kappa shape index (κ3) is 4.68. The number of phenolic OH excluding ortho intramolecular Hbond substituents is 1. The van der Waals surface area contributed by atoms with Gasteiger partial charge in [-0.3, -0.25) is 20.3 Å². The zero-order chi connectivity index (χ0) is 22.7. The summed E-state index contributed by atoms with van der Waals surface area (Å²) in [5.74, 6) is -0.590. The summed E-state index contributed by atoms with van der Waals surface area (Å²) in [6, 6.07) is 18.3. The summed E-state index contributed by atoms with van der Waals surface area (Å²) in [5.41, 5.74) is 3.82. The highest BCUT2D eigenvalue weighted by Crippen LogP contribution is 2.21. The predicted octanol–water partition coefficient (Wildman–Crippen LogP) is 4.88. The van der Waals surface area contributed by atoms with E-state index in [4.69, 9.17) is 16.0 Å². The van der Waals surface area contributed by atoms with Gasteiger partial charge in [-0.15, -0.1) is 5.10 Å². The summed E-state index contributed by atoms with van der Waals surface area (Å²) in [6.07, 6.45) is 0. The first-order chi connectivity index (χ1) is 15.4. The first kappa shape index (κ1) is 20.9. The lowest BCUT2D eigenvalue weighted by Gasteiger charge is -2.08. The number of hydrogen-bond donors (Lipinski definition) is 3. The summed E-state index contributed by atoms with van der Waals surface area (Å²) < 4.78 is 5.76. The first-order valence-corrected chi connectivity index (χ1v) is 9.65. The lowest BCUT2D eigenvalue weighted by molar-refractivity contribution is -0.384. The molecular formula is C22H15ClN4O5. The van der Waals surface area contributed by atoms with E-state index in [0.29, 0.717) is 21.7 Å². The molecule has 0 saturated heterocycles. The van der Waals surface area contributed by atoms with Crippen molar-refractivity contribution >= 4 is 45.5 Å². The predicted molar refractivity (Wildman–Crippen MR) is 120 cm³/mol. The van der Waals surface area contributed by atoms with Crippen LogP contribution in [0.4, 0.5) is 17.1 Å². The Morgan fingerprint density at radius 3 is 2.56 bits per heavy atom. The van der Waals surface area contributed by atoms with Gasteiger partial charge in [0.25, 0.3) is 11.6 Å². The fourth-order valence-electron chi connectivity index (χ4n) is 2.89. The van der Waals surface area contributed by atoms with Crippen LogP contribution in [0.25, 0.3) is 11.0 Å². The topological polar surface area (TPSA) is 130 Å². The van der Waals surface area contributed by atoms with Crippen molar-refractivity contribution in [3.05, 3.63) is 99.1 Å². The van der Waals surface area contributed by atoms with Crippen LogP contribution in [0, 0.1) is 10.1 Å². The van der Waals surface area contributed by atoms with Gasteiger partial charge in [-0.25, -0.2) is 0 Å². The van der Waals surface area contributed by atoms with Gasteiger partial charge in [0.2, 0.25) is 5.55 Å². The molecule has 0 atom stereocenters. The van der Waals surface area contributed by atoms with Gasteiger partial charge < -0.3 is 14.8 Å². The smallest absolute Gasteiger partial charge is 0.271 e. The molecule has 1 aromatic heterocycles. The van der Waals surface area contributed by atoms with Gasteiger partial charge in [0.15, 0.2) is 0 Å². The maximum Gasteiger partial charge on any atom is 0.271 e. The third-order valence-electron chi connectivity index (χ3n) is 4.42. The molecule has 4 rings (SSSR count). The van der Waals surface area contributed by atoms with Gasteiger partial charge >= 0.3 is 0 Å². The number of fused-ring (bicyclic) bond motifs is 1. The average Bonchev–Trinajstić information content (AvgIpc) is 2.78. The van der Waals surface area contributed by atoms with Gasteiger partial charge in [-0.05, 0) is 48.5 Å². The lowest BCUT2D eigenvalue weighted by atomic mass is 10.1. The Bertz CT molecular complexity index is 1400. The minimum atomic E-state index is -0.583. The lowest BCUT2D eigenvalue weighted by Crippen LogP contribution is -2.22. The van der Waals surface area contributed by atoms with Crippen LogP contribution in [0.3, 0.4) is 0 Å². The fraction of sp³-hybridized carbons (Fsp3) is 0. The number of benzene rings is 3. The maximum absolute atomic E-state index is 13.0. The van der Waals surface area contributed by atoms with Crippen LogP contribution in [-0.2, 0) is 0 Å². The third-order valence-corrected chi connectivity index (χ3v) is 4.68. The molecule has 1 amide bonds. The van der Waals surface area contributed by atoms with Crippen molar-refractivity contribution in [3.8, 4) is 5.75 Å². The molecule has 0 saturated carbocycles. The van der Waals surface area contributed by atoms with Gasteiger partial charge in [-0.1, -0.05) is 17.7 Å². The monoisotopic (exact) mass is 450 g/mol. The molecule has 3 N–H and O–H groups in total. The SMILES string of the molecule is O=C(Nc1cccc([N+](=O)[O-])c1)c1cc2ccc(O)cc2oc1=NNc1ccc(Cl)cc1. The second-order valence-corrected chi connectivity index (χ2v) is 7.12. The van der Waals surface area contributed by atoms with Crippen molar-refractivity contribution in [2.45, 2.75) is 0 Å². The van der Waals surface area contributed by atoms with Crippen LogP contribution >= 0.6 is 11.6 Å². The zero-order valence-corrected chi connectivity index (χ0v) is 17.0. The molecule has 0 bridgehead atoms. The van der Waals surface area contributed by atoms with E-state index in [2.05, 4.69) is 15.8 Å². The number of rotatable bonds is 5. The van der Waals surface area contributed by atoms with Crippen LogP contribution in [0.1, 0.15) is 10.4 Å². The van der Waals surface area contributed by atoms with Gasteiger partial charge in [0.1, 0.15) is 16.9 Å². The van der Waals surface area contributed by atoms with Gasteiger partial charge in [-0.2, -0.15) is 0 Å². The van der Waals surface area contributed by atoms with Crippen molar-refractivity contribution in [1.29, 1.82) is 0 Å². The molecule has 10 heteroatoms. The number of carbonyl (C=O) groups excluding carboxylic acids is 1. The van der Waals surface area contributed by atoms with Crippen LogP contribution in [0.15, 0.2) is 82.3 Å². The Hall–Kier alpha value is -4.37. The van der Waals surface area contributed by atoms with Crippen LogP contribution in [-0.4, -0.2) is 15.9 Å². The summed E-state index contributed by atoms with van der Waals surface area (Å²) in [5, 5.41) is 28.7. The molecule has 0 spiro atoms. The molecule has 3 aromatic carbocycles. The van der Waals surface area contributed by atoms with Crippen LogP contribution < -0.4 is 16.3 Å². The van der Waals surface area contributed by atoms with E-state index in [-0.39, 0.29) is 28.2 Å². The number of carbonyl (C=O) groups is 1. The van der Waals surface area contributed by atoms with Crippen molar-refractivity contribution in [3.63, 3.8) is 0 Å². The Balaban J connectivity index is 1.75. The zero-order valence-electron chi connectivity index (χ0n) is 16.3. The van der Waals surface area contributed by atoms with E-state index < -0.39 is 10.8 Å². The average molecular weight is 451 g/mol. The largest absolute Gasteiger partial charge is 0.508 e. The van der Waals surface area contributed by atoms with E-state index in [1.165, 1.54) is 36.4 Å². The standard InChI is InChI=1S/C22H15ClN4O5/c23-14-5-7-15(8-6-14)25-26-22-19(10-13-4-9-18(28)12-20(13)32-22)21(29)24-16-2-1-3-17(11-16)27(30)31/h1-12,25,28H,(H,24,29). The Labute approximate surface area is 185 Å². The molecule has 0 fully saturated rings. The Morgan fingerprint density at radius 2 is 1.81 bits per heavy atom. The summed E-state index contributed by atoms with van der Waals surface area (Å²) in [6.45, 7) is 0. The molecule has 0 aliphatic heterocycles. The van der Waals surface area contributed by atoms with E-state index in [0.717, 1.165) is 0 Å². The number of halogens is 1. The van der Waals surface area contributed by atoms with Gasteiger partial charge in [0.05, 0.1) is 10.6 Å². The molecule has 1 heterocycles. The van der Waals surface area contributed by atoms with Crippen molar-refractivity contribution in [2.24, 2.45) is 5.10 Å². The highest BCUT2D eigenvalue weighted by Gasteiger charge is 2.15. The molecule has 160 valence electrons. The van der Waals surface area contributed by atoms with Gasteiger partial charge in [0, 0.05) is 34.3 Å². The number of non-ortho nitro benzene ring substituents is 1. The normalized spacial score (nSPS) is 11.3. The number of hydrogen-bond acceptors (Lipinski definition) is 7. The molecule has 4 aromatic rings. The van der Waals surface area contributed by atoms with E-state index >= 15 is 0 Å². The van der Waals surface area contributed by atoms with E-state index in [9.17, 15) is 20.0 Å². The van der Waals surface area contributed by atoms with Crippen molar-refractivity contribution in [1.82, 2.24) is 0 Å². The highest BCUT2D eigenvalue weighted by atomic mass is 35.5. The second kappa shape index (κ2) is 8.78. The fourth-order valence-corrected chi connectivity index (χ4v) is 3.01. The number of nitrogens with zero attached hydrogens (tertiary/aromatic N) is 2. The second-order valence-electron chi connectivity index (χ2n) is 6.68. The first-order valence-electron chi connectivity index (χ1n) is 9.27. The molecule has 0 aliphatic carbocycles. The van der Waals surface area contributed by atoms with E-state index in [1.54, 1.807) is 36.4 Å². The minimum absolute atomic E-state index is 0.00772. The summed E-state index contributed by atoms with van der Waals surface area (Å²) in [4.78, 5) is 23.4. The van der Waals surface area contributed by atoms with E-state index in [1.807, 2.05) is 0 Å². The molecule has 0 aliphatic rings. The Morgan fingerprint density at radius 1 is 1.03 bits per heavy atom. The van der Waals surface area contributed by atoms with Crippen LogP contribution in [0.5, 0.6) is 5.75 Å². The Kier molecular flexibility index (Phi) is 5.73. The molecule has 0 unspecified atom stereocenters. The summed E-state index contributed by atoms with van der Waals surface area (Å²) >= 11 is 5.89. The summed E-state index contributed by atoms with van der Waals surface area (Å²) in [7, 11) is 0. The van der Waals surface area contributed by atoms with Crippen molar-refractivity contribution < 1.29 is 19.2 Å². The minimum Gasteiger partial charge on any atom is -0.508 e. The maximum atomic E-state index is 13.0. The molecular weight excluding hydrogens is 436 g/mol. The quantitative estimate of drug-likeness (QED) is 0.293. The molecule has 0 radical (unpaired) electrons. The molecule has 32 heavy (non-hydrogen) atoms.